The molecule has 4 aliphatic heterocycles. The van der Waals surface area contributed by atoms with Crippen LogP contribution in [-0.4, -0.2) is 291 Å². The summed E-state index contributed by atoms with van der Waals surface area (Å²) < 4.78 is 46.2. The molecule has 3 amide bonds. The van der Waals surface area contributed by atoms with Crippen molar-refractivity contribution in [1.29, 1.82) is 0 Å². The quantitative estimate of drug-likeness (QED) is 0.0479. The number of aliphatic carboxylic acids is 1. The fourth-order valence-corrected chi connectivity index (χ4v) is 8.36. The van der Waals surface area contributed by atoms with Gasteiger partial charge in [-0.25, -0.2) is 4.79 Å². The highest BCUT2D eigenvalue weighted by atomic mass is 16.8. The van der Waals surface area contributed by atoms with Crippen molar-refractivity contribution in [2.75, 3.05) is 33.0 Å². The van der Waals surface area contributed by atoms with Crippen LogP contribution >= 0.6 is 0 Å². The Morgan fingerprint density at radius 3 is 1.80 bits per heavy atom. The van der Waals surface area contributed by atoms with E-state index < -0.39 is 216 Å². The first-order valence-corrected chi connectivity index (χ1v) is 22.0. The minimum absolute atomic E-state index is 0.747. The number of hydrogen-bond donors (Lipinski definition) is 19. The van der Waals surface area contributed by atoms with Gasteiger partial charge in [-0.2, -0.15) is 0 Å². The zero-order valence-corrected chi connectivity index (χ0v) is 38.2. The van der Waals surface area contributed by atoms with Crippen LogP contribution in [0.4, 0.5) is 0 Å². The van der Waals surface area contributed by atoms with Gasteiger partial charge in [0.2, 0.25) is 17.7 Å². The maximum absolute atomic E-state index is 13.3. The molecule has 4 fully saturated rings. The highest BCUT2D eigenvalue weighted by molar-refractivity contribution is 5.77. The number of carbonyl (C=O) groups is 4. The molecule has 0 radical (unpaired) electrons. The maximum atomic E-state index is 13.3. The minimum atomic E-state index is -3.30. The van der Waals surface area contributed by atoms with Crippen molar-refractivity contribution in [3.63, 3.8) is 0 Å². The molecule has 4 aliphatic rings. The van der Waals surface area contributed by atoms with Crippen molar-refractivity contribution in [2.45, 2.75) is 187 Å². The summed E-state index contributed by atoms with van der Waals surface area (Å²) >= 11 is 0. The van der Waals surface area contributed by atoms with Crippen molar-refractivity contribution in [1.82, 2.24) is 16.0 Å². The number of nitrogens with one attached hydrogen (secondary N) is 3. The highest BCUT2D eigenvalue weighted by Crippen LogP contribution is 2.40. The molecule has 4 heterocycles. The lowest BCUT2D eigenvalue weighted by Gasteiger charge is -2.52. The number of ether oxygens (including phenoxy) is 8. The van der Waals surface area contributed by atoms with Crippen LogP contribution in [0.2, 0.25) is 0 Å². The van der Waals surface area contributed by atoms with Crippen LogP contribution < -0.4 is 16.0 Å². The van der Waals surface area contributed by atoms with Crippen LogP contribution in [0.15, 0.2) is 0 Å². The van der Waals surface area contributed by atoms with Crippen molar-refractivity contribution in [3.8, 4) is 0 Å². The number of carboxylic acid groups (broad SMARTS) is 1. The molecule has 31 heteroatoms. The van der Waals surface area contributed by atoms with Gasteiger partial charge < -0.3 is 136 Å². The summed E-state index contributed by atoms with van der Waals surface area (Å²) in [6, 6.07) is -5.05. The van der Waals surface area contributed by atoms with E-state index in [2.05, 4.69) is 16.0 Å². The van der Waals surface area contributed by atoms with E-state index in [4.69, 9.17) is 37.9 Å². The number of amides is 3. The first-order chi connectivity index (χ1) is 32.8. The Labute approximate surface area is 397 Å². The summed E-state index contributed by atoms with van der Waals surface area (Å²) in [5, 5.41) is 179. The second-order valence-electron chi connectivity index (χ2n) is 17.4. The number of carbonyl (C=O) groups excluding carboxylic acids is 3. The largest absolute Gasteiger partial charge is 0.477 e. The van der Waals surface area contributed by atoms with E-state index in [0.29, 0.717) is 0 Å². The number of hydrogen-bond acceptors (Lipinski definition) is 27. The first kappa shape index (κ1) is 59.5. The molecule has 4 rings (SSSR count). The lowest BCUT2D eigenvalue weighted by atomic mass is 9.88. The predicted molar refractivity (Wildman–Crippen MR) is 219 cm³/mol. The molecule has 25 atom stereocenters. The average molecular weight is 1030 g/mol. The van der Waals surface area contributed by atoms with E-state index in [0.717, 1.165) is 20.8 Å². The van der Waals surface area contributed by atoms with Gasteiger partial charge in [0.15, 0.2) is 18.9 Å². The third-order valence-corrected chi connectivity index (χ3v) is 12.1. The SMILES string of the molecule is CC(=O)N[C@H]1[C@H](OC[C@@H](O)[C@H](O)[C@H](O[C@@H]2O[C@H](CO)[C@H](O)[C@H](O[C@]3(C(=O)O)C[C@H](O)[C@@H](NC(C)=O)[C@H]([C@H](O)[C@H](O)CO)O3)[C@H]2O[C@@H]2O[C@@H](C)[C@@H](O)[C@@H](O)[C@@H]2O)[C@H](CO)NC(C)=O)O[C@H](CO)[C@@H](O)[C@@H]1O. The molecule has 31 nitrogen and oxygen atoms in total. The van der Waals surface area contributed by atoms with E-state index in [9.17, 15) is 101 Å². The van der Waals surface area contributed by atoms with E-state index in [1.54, 1.807) is 0 Å². The molecule has 0 bridgehead atoms. The van der Waals surface area contributed by atoms with Crippen LogP contribution in [-0.2, 0) is 57.1 Å². The second kappa shape index (κ2) is 25.8. The summed E-state index contributed by atoms with van der Waals surface area (Å²) in [6.45, 7) is -1.18. The lowest BCUT2D eigenvalue weighted by molar-refractivity contribution is -0.402. The molecule has 406 valence electrons. The molecule has 0 spiro atoms. The molecule has 19 N–H and O–H groups in total. The molecule has 0 aromatic heterocycles. The van der Waals surface area contributed by atoms with Gasteiger partial charge >= 0.3 is 5.97 Å². The van der Waals surface area contributed by atoms with Crippen LogP contribution in [0.5, 0.6) is 0 Å². The van der Waals surface area contributed by atoms with Gasteiger partial charge in [0.25, 0.3) is 5.79 Å². The smallest absolute Gasteiger partial charge is 0.364 e. The highest BCUT2D eigenvalue weighted by Gasteiger charge is 2.61. The van der Waals surface area contributed by atoms with E-state index >= 15 is 0 Å². The zero-order chi connectivity index (χ0) is 52.7. The van der Waals surface area contributed by atoms with Gasteiger partial charge in [-0.1, -0.05) is 0 Å². The van der Waals surface area contributed by atoms with E-state index in [-0.39, 0.29) is 0 Å². The van der Waals surface area contributed by atoms with Gasteiger partial charge in [0.05, 0.1) is 57.3 Å². The average Bonchev–Trinajstić information content (AvgIpc) is 3.30. The van der Waals surface area contributed by atoms with Crippen molar-refractivity contribution in [3.05, 3.63) is 0 Å². The molecule has 0 aromatic carbocycles. The molecule has 0 saturated carbocycles. The van der Waals surface area contributed by atoms with Gasteiger partial charge in [0.1, 0.15) is 104 Å². The number of carboxylic acids is 1. The lowest BCUT2D eigenvalue weighted by Crippen LogP contribution is -2.71. The standard InChI is InChI=1S/C39H67N3O28/c1-11-23(53)29(59)30(60)36(64-11)68-34-33(70-39(38(61)62)5-16(50)21(41-13(3)48)32(69-39)24(54)17(51)7-44)27(57)20(9-46)66-37(34)67-31(15(6-43)40-12(2)47)25(55)18(52)10-63-35-22(42-14(4)49)28(58)26(56)19(8-45)65-35/h11,15-37,43-46,50-60H,5-10H2,1-4H3,(H,40,47)(H,41,48)(H,42,49)(H,61,62)/t11-,15-,16-,17+,18+,19+,20+,21+,22+,23+,24+,25-,26+,27-,28+,29+,30-,31+,32+,33-,34+,35+,36-,37-,39-/m0/s1. The molecule has 70 heavy (non-hydrogen) atoms. The van der Waals surface area contributed by atoms with E-state index in [1.807, 2.05) is 0 Å². The normalized spacial score (nSPS) is 40.7. The van der Waals surface area contributed by atoms with Crippen LogP contribution in [0, 0.1) is 0 Å². The van der Waals surface area contributed by atoms with Gasteiger partial charge in [-0.3, -0.25) is 14.4 Å². The molecule has 0 aliphatic carbocycles. The third kappa shape index (κ3) is 13.8. The Hall–Kier alpha value is -3.04. The summed E-state index contributed by atoms with van der Waals surface area (Å²) in [5.41, 5.74) is 0. The van der Waals surface area contributed by atoms with Crippen molar-refractivity contribution < 1.29 is 139 Å². The van der Waals surface area contributed by atoms with Crippen LogP contribution in [0.25, 0.3) is 0 Å². The first-order valence-electron chi connectivity index (χ1n) is 22.0. The fourth-order valence-electron chi connectivity index (χ4n) is 8.36. The molecule has 0 unspecified atom stereocenters. The number of rotatable bonds is 22. The molecular weight excluding hydrogens is 958 g/mol. The fraction of sp³-hybridized carbons (Fsp3) is 0.897. The van der Waals surface area contributed by atoms with Crippen LogP contribution in [0.1, 0.15) is 34.1 Å². The third-order valence-electron chi connectivity index (χ3n) is 12.1. The predicted octanol–water partition coefficient (Wildman–Crippen LogP) is -11.6. The number of aliphatic hydroxyl groups excluding tert-OH is 15. The Kier molecular flexibility index (Phi) is 21.9. The number of aliphatic hydroxyl groups is 15. The Bertz CT molecular complexity index is 1710. The summed E-state index contributed by atoms with van der Waals surface area (Å²) in [5.74, 6) is -7.91. The van der Waals surface area contributed by atoms with Crippen LogP contribution in [0.3, 0.4) is 0 Å². The van der Waals surface area contributed by atoms with Gasteiger partial charge in [-0.15, -0.1) is 0 Å². The molecular formula is C39H67N3O28. The van der Waals surface area contributed by atoms with Gasteiger partial charge in [0, 0.05) is 27.2 Å². The molecule has 4 saturated heterocycles. The second-order valence-corrected chi connectivity index (χ2v) is 17.4. The summed E-state index contributed by atoms with van der Waals surface area (Å²) in [6.07, 6.45) is -44.2. The Morgan fingerprint density at radius 2 is 1.26 bits per heavy atom. The maximum Gasteiger partial charge on any atom is 0.364 e. The summed E-state index contributed by atoms with van der Waals surface area (Å²) in [7, 11) is 0. The Morgan fingerprint density at radius 1 is 0.671 bits per heavy atom. The molecule has 0 aromatic rings. The monoisotopic (exact) mass is 1030 g/mol. The minimum Gasteiger partial charge on any atom is -0.477 e. The zero-order valence-electron chi connectivity index (χ0n) is 38.2. The van der Waals surface area contributed by atoms with E-state index in [1.165, 1.54) is 6.92 Å². The Balaban J connectivity index is 1.82. The summed E-state index contributed by atoms with van der Waals surface area (Å²) in [4.78, 5) is 49.9. The topological polar surface area (TPSA) is 502 Å². The van der Waals surface area contributed by atoms with Crippen molar-refractivity contribution in [2.24, 2.45) is 0 Å². The van der Waals surface area contributed by atoms with Crippen molar-refractivity contribution >= 4 is 23.7 Å². The van der Waals surface area contributed by atoms with Gasteiger partial charge in [-0.05, 0) is 6.92 Å².